The number of hydrogen-bond acceptors (Lipinski definition) is 2. The molecule has 0 saturated heterocycles. The van der Waals surface area contributed by atoms with Crippen molar-refractivity contribution in [3.8, 4) is 0 Å². The van der Waals surface area contributed by atoms with Crippen molar-refractivity contribution in [3.63, 3.8) is 0 Å². The molecule has 0 radical (unpaired) electrons. The minimum Gasteiger partial charge on any atom is -0.475 e. The van der Waals surface area contributed by atoms with Gasteiger partial charge in [-0.15, -0.1) is 0 Å². The van der Waals surface area contributed by atoms with Gasteiger partial charge in [0.2, 0.25) is 5.76 Å². The van der Waals surface area contributed by atoms with Crippen LogP contribution in [0.1, 0.15) is 34.7 Å². The minimum absolute atomic E-state index is 0.136. The molecule has 1 unspecified atom stereocenters. The SMILES string of the molecule is CC(c1ccc(C(=O)O)o1)c1ccccc1F. The summed E-state index contributed by atoms with van der Waals surface area (Å²) in [6.07, 6.45) is 0. The average Bonchev–Trinajstić information content (AvgIpc) is 2.78. The Labute approximate surface area is 97.5 Å². The van der Waals surface area contributed by atoms with Gasteiger partial charge in [-0.1, -0.05) is 25.1 Å². The van der Waals surface area contributed by atoms with Gasteiger partial charge >= 0.3 is 5.97 Å². The summed E-state index contributed by atoms with van der Waals surface area (Å²) in [5.41, 5.74) is 0.485. The molecule has 1 heterocycles. The molecule has 2 rings (SSSR count). The van der Waals surface area contributed by atoms with E-state index in [9.17, 15) is 9.18 Å². The number of carbonyl (C=O) groups is 1. The highest BCUT2D eigenvalue weighted by Crippen LogP contribution is 2.27. The maximum atomic E-state index is 13.5. The van der Waals surface area contributed by atoms with Gasteiger partial charge in [0.1, 0.15) is 11.6 Å². The number of furan rings is 1. The van der Waals surface area contributed by atoms with Crippen LogP contribution < -0.4 is 0 Å². The maximum absolute atomic E-state index is 13.5. The van der Waals surface area contributed by atoms with Crippen LogP contribution in [0, 0.1) is 5.82 Å². The van der Waals surface area contributed by atoms with Gasteiger partial charge in [-0.05, 0) is 23.8 Å². The second-order valence-electron chi connectivity index (χ2n) is 3.75. The molecule has 1 atom stereocenters. The van der Waals surface area contributed by atoms with Crippen LogP contribution in [-0.4, -0.2) is 11.1 Å². The van der Waals surface area contributed by atoms with Crippen molar-refractivity contribution in [2.45, 2.75) is 12.8 Å². The second kappa shape index (κ2) is 4.41. The Balaban J connectivity index is 2.34. The van der Waals surface area contributed by atoms with Crippen LogP contribution in [0.5, 0.6) is 0 Å². The molecule has 0 amide bonds. The molecule has 0 bridgehead atoms. The standard InChI is InChI=1S/C13H11FO3/c1-8(9-4-2-3-5-10(9)14)11-6-7-12(17-11)13(15)16/h2-8H,1H3,(H,15,16). The number of halogens is 1. The molecule has 1 aromatic carbocycles. The van der Waals surface area contributed by atoms with Gasteiger partial charge in [0, 0.05) is 5.92 Å². The van der Waals surface area contributed by atoms with E-state index in [-0.39, 0.29) is 17.5 Å². The van der Waals surface area contributed by atoms with E-state index in [0.29, 0.717) is 11.3 Å². The Bertz CT molecular complexity index is 545. The Morgan fingerprint density at radius 3 is 2.59 bits per heavy atom. The van der Waals surface area contributed by atoms with Crippen molar-refractivity contribution in [3.05, 3.63) is 59.3 Å². The number of carboxylic acid groups (broad SMARTS) is 1. The summed E-state index contributed by atoms with van der Waals surface area (Å²) < 4.78 is 18.7. The predicted molar refractivity (Wildman–Crippen MR) is 59.6 cm³/mol. The molecular formula is C13H11FO3. The molecule has 0 aliphatic rings. The van der Waals surface area contributed by atoms with Gasteiger partial charge in [0.15, 0.2) is 0 Å². The normalized spacial score (nSPS) is 12.4. The van der Waals surface area contributed by atoms with E-state index in [1.165, 1.54) is 12.1 Å². The van der Waals surface area contributed by atoms with Crippen molar-refractivity contribution in [1.82, 2.24) is 0 Å². The van der Waals surface area contributed by atoms with Crippen LogP contribution in [0.2, 0.25) is 0 Å². The van der Waals surface area contributed by atoms with Gasteiger partial charge in [0.05, 0.1) is 0 Å². The van der Waals surface area contributed by atoms with E-state index >= 15 is 0 Å². The van der Waals surface area contributed by atoms with Gasteiger partial charge in [0.25, 0.3) is 0 Å². The van der Waals surface area contributed by atoms with Gasteiger partial charge in [-0.3, -0.25) is 0 Å². The Hall–Kier alpha value is -2.10. The fourth-order valence-electron chi connectivity index (χ4n) is 1.68. The topological polar surface area (TPSA) is 50.4 Å². The van der Waals surface area contributed by atoms with Crippen LogP contribution in [0.4, 0.5) is 4.39 Å². The lowest BCUT2D eigenvalue weighted by Crippen LogP contribution is -1.98. The first-order valence-corrected chi connectivity index (χ1v) is 5.17. The fraction of sp³-hybridized carbons (Fsp3) is 0.154. The zero-order valence-corrected chi connectivity index (χ0v) is 9.18. The third-order valence-corrected chi connectivity index (χ3v) is 2.64. The molecule has 2 aromatic rings. The van der Waals surface area contributed by atoms with E-state index in [1.54, 1.807) is 31.2 Å². The summed E-state index contributed by atoms with van der Waals surface area (Å²) in [7, 11) is 0. The number of rotatable bonds is 3. The molecule has 17 heavy (non-hydrogen) atoms. The van der Waals surface area contributed by atoms with Gasteiger partial charge < -0.3 is 9.52 Å². The lowest BCUT2D eigenvalue weighted by molar-refractivity contribution is 0.0660. The molecule has 88 valence electrons. The highest BCUT2D eigenvalue weighted by molar-refractivity contribution is 5.84. The number of carboxylic acids is 1. The number of hydrogen-bond donors (Lipinski definition) is 1. The summed E-state index contributed by atoms with van der Waals surface area (Å²) in [5, 5.41) is 8.74. The lowest BCUT2D eigenvalue weighted by atomic mass is 9.98. The van der Waals surface area contributed by atoms with Crippen molar-refractivity contribution in [2.24, 2.45) is 0 Å². The quantitative estimate of drug-likeness (QED) is 0.886. The summed E-state index contributed by atoms with van der Waals surface area (Å²) in [6.45, 7) is 1.77. The highest BCUT2D eigenvalue weighted by atomic mass is 19.1. The summed E-state index contributed by atoms with van der Waals surface area (Å²) in [4.78, 5) is 10.7. The van der Waals surface area contributed by atoms with Gasteiger partial charge in [-0.25, -0.2) is 9.18 Å². The molecule has 0 aliphatic carbocycles. The summed E-state index contributed by atoms with van der Waals surface area (Å²) >= 11 is 0. The first-order valence-electron chi connectivity index (χ1n) is 5.17. The van der Waals surface area contributed by atoms with Gasteiger partial charge in [-0.2, -0.15) is 0 Å². The zero-order valence-electron chi connectivity index (χ0n) is 9.18. The third-order valence-electron chi connectivity index (χ3n) is 2.64. The number of benzene rings is 1. The second-order valence-corrected chi connectivity index (χ2v) is 3.75. The largest absolute Gasteiger partial charge is 0.475 e. The molecule has 0 aliphatic heterocycles. The highest BCUT2D eigenvalue weighted by Gasteiger charge is 2.18. The summed E-state index contributed by atoms with van der Waals surface area (Å²) in [6, 6.07) is 9.29. The fourth-order valence-corrected chi connectivity index (χ4v) is 1.68. The van der Waals surface area contributed by atoms with Crippen LogP contribution in [0.25, 0.3) is 0 Å². The van der Waals surface area contributed by atoms with Crippen LogP contribution in [-0.2, 0) is 0 Å². The van der Waals surface area contributed by atoms with E-state index < -0.39 is 5.97 Å². The smallest absolute Gasteiger partial charge is 0.371 e. The van der Waals surface area contributed by atoms with Crippen LogP contribution in [0.15, 0.2) is 40.8 Å². The Kier molecular flexibility index (Phi) is 2.95. The zero-order chi connectivity index (χ0) is 12.4. The van der Waals surface area contributed by atoms with Crippen LogP contribution in [0.3, 0.4) is 0 Å². The Morgan fingerprint density at radius 2 is 2.00 bits per heavy atom. The van der Waals surface area contributed by atoms with Crippen molar-refractivity contribution >= 4 is 5.97 Å². The molecule has 0 saturated carbocycles. The monoisotopic (exact) mass is 234 g/mol. The number of aromatic carboxylic acids is 1. The first kappa shape index (κ1) is 11.4. The van der Waals surface area contributed by atoms with E-state index in [4.69, 9.17) is 9.52 Å². The van der Waals surface area contributed by atoms with Crippen molar-refractivity contribution in [2.75, 3.05) is 0 Å². The van der Waals surface area contributed by atoms with Crippen molar-refractivity contribution in [1.29, 1.82) is 0 Å². The molecular weight excluding hydrogens is 223 g/mol. The molecule has 3 nitrogen and oxygen atoms in total. The van der Waals surface area contributed by atoms with E-state index in [2.05, 4.69) is 0 Å². The average molecular weight is 234 g/mol. The predicted octanol–water partition coefficient (Wildman–Crippen LogP) is 3.27. The summed E-state index contributed by atoms with van der Waals surface area (Å²) in [5.74, 6) is -1.47. The van der Waals surface area contributed by atoms with Crippen molar-refractivity contribution < 1.29 is 18.7 Å². The lowest BCUT2D eigenvalue weighted by Gasteiger charge is -2.09. The Morgan fingerprint density at radius 1 is 1.29 bits per heavy atom. The minimum atomic E-state index is -1.13. The maximum Gasteiger partial charge on any atom is 0.371 e. The van der Waals surface area contributed by atoms with E-state index in [0.717, 1.165) is 0 Å². The molecule has 0 spiro atoms. The molecule has 0 fully saturated rings. The third kappa shape index (κ3) is 2.20. The van der Waals surface area contributed by atoms with E-state index in [1.807, 2.05) is 0 Å². The van der Waals surface area contributed by atoms with Crippen LogP contribution >= 0.6 is 0 Å². The molecule has 1 aromatic heterocycles. The first-order chi connectivity index (χ1) is 8.09. The molecule has 1 N–H and O–H groups in total. The molecule has 4 heteroatoms.